The third kappa shape index (κ3) is 6.19. The highest BCUT2D eigenvalue weighted by molar-refractivity contribution is 7.25. The Hall–Kier alpha value is -8.76. The molecule has 1 spiro atoms. The molecule has 2 aliphatic rings. The first-order valence-corrected chi connectivity index (χ1v) is 24.9. The van der Waals surface area contributed by atoms with Gasteiger partial charge in [0.25, 0.3) is 0 Å². The quantitative estimate of drug-likeness (QED) is 0.157. The lowest BCUT2D eigenvalue weighted by molar-refractivity contribution is 0.752. The number of thiophene rings is 1. The number of nitrogens with zero attached hydrogens (tertiary/aromatic N) is 2. The first-order valence-electron chi connectivity index (χ1n) is 24.1. The Kier molecular flexibility index (Phi) is 9.33. The van der Waals surface area contributed by atoms with E-state index in [1.54, 1.807) is 0 Å². The molecule has 70 heavy (non-hydrogen) atoms. The highest BCUT2D eigenvalue weighted by Crippen LogP contribution is 2.64. The Labute approximate surface area is 412 Å². The third-order valence-electron chi connectivity index (χ3n) is 14.7. The number of fused-ring (bicyclic) bond motifs is 12. The summed E-state index contributed by atoms with van der Waals surface area (Å²) in [6.45, 7) is 0. The number of anilines is 6. The van der Waals surface area contributed by atoms with Gasteiger partial charge in [-0.25, -0.2) is 0 Å². The molecule has 1 aliphatic carbocycles. The summed E-state index contributed by atoms with van der Waals surface area (Å²) in [6, 6.07) is 98.7. The van der Waals surface area contributed by atoms with Gasteiger partial charge in [-0.15, -0.1) is 11.3 Å². The Morgan fingerprint density at radius 2 is 0.829 bits per heavy atom. The van der Waals surface area contributed by atoms with Gasteiger partial charge in [0.2, 0.25) is 0 Å². The standard InChI is InChI=1S/C67H44N2S/c1-3-17-45(18-4-1)46-31-33-48(34-32-46)53-21-8-13-27-62(53)68(51-38-35-47(36-39-51)49-37-42-66-57(43-49)56-23-9-16-30-65(56)70-66)52-40-41-55-54-22-7-10-24-58(54)67(61(55)44-52)59-25-11-14-28-63(59)69(50-19-5-2-6-20-50)64-29-15-12-26-60(64)67/h1-44H. The minimum Gasteiger partial charge on any atom is -0.310 e. The van der Waals surface area contributed by atoms with Crippen LogP contribution < -0.4 is 9.80 Å². The minimum atomic E-state index is -0.590. The summed E-state index contributed by atoms with van der Waals surface area (Å²) < 4.78 is 2.63. The normalized spacial score (nSPS) is 12.9. The number of benzene rings is 11. The van der Waals surface area contributed by atoms with Crippen LogP contribution in [0.25, 0.3) is 64.7 Å². The maximum absolute atomic E-state index is 2.50. The average Bonchev–Trinajstić information content (AvgIpc) is 3.95. The fourth-order valence-corrected chi connectivity index (χ4v) is 12.7. The van der Waals surface area contributed by atoms with Gasteiger partial charge in [-0.3, -0.25) is 0 Å². The Morgan fingerprint density at radius 3 is 1.59 bits per heavy atom. The van der Waals surface area contributed by atoms with E-state index >= 15 is 0 Å². The summed E-state index contributed by atoms with van der Waals surface area (Å²) in [5.74, 6) is 0. The van der Waals surface area contributed by atoms with Crippen molar-refractivity contribution in [3.05, 3.63) is 289 Å². The molecule has 14 rings (SSSR count). The first kappa shape index (κ1) is 40.3. The Bertz CT molecular complexity index is 3900. The molecular weight excluding hydrogens is 865 g/mol. The van der Waals surface area contributed by atoms with E-state index < -0.39 is 5.41 Å². The molecule has 2 heterocycles. The fraction of sp³-hybridized carbons (Fsp3) is 0.0149. The zero-order valence-electron chi connectivity index (χ0n) is 38.2. The van der Waals surface area contributed by atoms with Crippen LogP contribution in [-0.4, -0.2) is 0 Å². The summed E-state index contributed by atoms with van der Waals surface area (Å²) in [5, 5.41) is 2.62. The lowest BCUT2D eigenvalue weighted by Gasteiger charge is -2.45. The predicted molar refractivity (Wildman–Crippen MR) is 296 cm³/mol. The average molecular weight is 909 g/mol. The number of hydrogen-bond donors (Lipinski definition) is 0. The van der Waals surface area contributed by atoms with E-state index in [1.807, 2.05) is 11.3 Å². The van der Waals surface area contributed by atoms with Gasteiger partial charge in [0, 0.05) is 42.8 Å². The van der Waals surface area contributed by atoms with E-state index in [0.717, 1.165) is 33.9 Å². The predicted octanol–water partition coefficient (Wildman–Crippen LogP) is 18.7. The Balaban J connectivity index is 0.976. The topological polar surface area (TPSA) is 6.48 Å². The third-order valence-corrected chi connectivity index (χ3v) is 15.8. The highest BCUT2D eigenvalue weighted by atomic mass is 32.1. The minimum absolute atomic E-state index is 0.590. The van der Waals surface area contributed by atoms with Gasteiger partial charge in [-0.1, -0.05) is 194 Å². The van der Waals surface area contributed by atoms with Crippen molar-refractivity contribution in [1.29, 1.82) is 0 Å². The SMILES string of the molecule is c1ccc(-c2ccc(-c3ccccc3N(c3ccc(-c4ccc5sc6ccccc6c5c4)cc3)c3ccc4c(c3)C3(c5ccccc5-4)c4ccccc4N(c4ccccc4)c4ccccc43)cc2)cc1. The molecule has 0 atom stereocenters. The van der Waals surface area contributed by atoms with E-state index in [-0.39, 0.29) is 0 Å². The maximum Gasteiger partial charge on any atom is 0.0755 e. The van der Waals surface area contributed by atoms with E-state index in [2.05, 4.69) is 277 Å². The van der Waals surface area contributed by atoms with E-state index in [0.29, 0.717) is 0 Å². The molecule has 328 valence electrons. The van der Waals surface area contributed by atoms with Crippen molar-refractivity contribution in [2.45, 2.75) is 5.41 Å². The molecule has 11 aromatic carbocycles. The van der Waals surface area contributed by atoms with Crippen LogP contribution in [-0.2, 0) is 5.41 Å². The van der Waals surface area contributed by atoms with Gasteiger partial charge >= 0.3 is 0 Å². The molecule has 2 nitrogen and oxygen atoms in total. The molecule has 0 amide bonds. The van der Waals surface area contributed by atoms with Gasteiger partial charge in [0.05, 0.1) is 22.5 Å². The molecule has 0 saturated carbocycles. The number of para-hydroxylation sites is 4. The lowest BCUT2D eigenvalue weighted by atomic mass is 9.64. The summed E-state index contributed by atoms with van der Waals surface area (Å²) in [6.07, 6.45) is 0. The first-order chi connectivity index (χ1) is 34.7. The van der Waals surface area contributed by atoms with Crippen molar-refractivity contribution < 1.29 is 0 Å². The van der Waals surface area contributed by atoms with Gasteiger partial charge < -0.3 is 9.80 Å². The smallest absolute Gasteiger partial charge is 0.0755 e. The Morgan fingerprint density at radius 1 is 0.314 bits per heavy atom. The summed E-state index contributed by atoms with van der Waals surface area (Å²) in [7, 11) is 0. The van der Waals surface area contributed by atoms with Gasteiger partial charge in [-0.2, -0.15) is 0 Å². The molecule has 0 fully saturated rings. The molecule has 0 N–H and O–H groups in total. The van der Waals surface area contributed by atoms with E-state index in [9.17, 15) is 0 Å². The van der Waals surface area contributed by atoms with Crippen molar-refractivity contribution in [2.75, 3.05) is 9.80 Å². The maximum atomic E-state index is 2.50. The van der Waals surface area contributed by atoms with Crippen LogP contribution in [0, 0.1) is 0 Å². The summed E-state index contributed by atoms with van der Waals surface area (Å²) in [5.41, 5.74) is 21.0. The van der Waals surface area contributed by atoms with Gasteiger partial charge in [0.15, 0.2) is 0 Å². The van der Waals surface area contributed by atoms with Crippen LogP contribution in [0.1, 0.15) is 22.3 Å². The van der Waals surface area contributed by atoms with Crippen molar-refractivity contribution >= 4 is 65.6 Å². The molecule has 1 aliphatic heterocycles. The molecule has 3 heteroatoms. The second-order valence-electron chi connectivity index (χ2n) is 18.4. The van der Waals surface area contributed by atoms with Crippen LogP contribution in [0.2, 0.25) is 0 Å². The largest absolute Gasteiger partial charge is 0.310 e. The van der Waals surface area contributed by atoms with Crippen LogP contribution in [0.3, 0.4) is 0 Å². The van der Waals surface area contributed by atoms with Gasteiger partial charge in [-0.05, 0) is 134 Å². The monoisotopic (exact) mass is 908 g/mol. The molecule has 12 aromatic rings. The molecular formula is C67H44N2S. The second kappa shape index (κ2) is 16.2. The number of rotatable bonds is 7. The molecule has 0 unspecified atom stereocenters. The summed E-state index contributed by atoms with van der Waals surface area (Å²) >= 11 is 1.86. The van der Waals surface area contributed by atoms with Crippen molar-refractivity contribution in [3.63, 3.8) is 0 Å². The van der Waals surface area contributed by atoms with Crippen LogP contribution in [0.4, 0.5) is 34.1 Å². The lowest BCUT2D eigenvalue weighted by Crippen LogP contribution is -2.36. The molecule has 0 bridgehead atoms. The highest BCUT2D eigenvalue weighted by Gasteiger charge is 2.51. The molecule has 0 radical (unpaired) electrons. The van der Waals surface area contributed by atoms with E-state index in [4.69, 9.17) is 0 Å². The fourth-order valence-electron chi connectivity index (χ4n) is 11.6. The van der Waals surface area contributed by atoms with Crippen LogP contribution >= 0.6 is 11.3 Å². The van der Waals surface area contributed by atoms with Crippen molar-refractivity contribution in [3.8, 4) is 44.5 Å². The molecule has 1 aromatic heterocycles. The van der Waals surface area contributed by atoms with Crippen molar-refractivity contribution in [2.24, 2.45) is 0 Å². The molecule has 0 saturated heterocycles. The second-order valence-corrected chi connectivity index (χ2v) is 19.5. The number of hydrogen-bond acceptors (Lipinski definition) is 3. The zero-order valence-corrected chi connectivity index (χ0v) is 39.0. The van der Waals surface area contributed by atoms with Gasteiger partial charge in [0.1, 0.15) is 0 Å². The van der Waals surface area contributed by atoms with E-state index in [1.165, 1.54) is 87.2 Å². The zero-order chi connectivity index (χ0) is 46.2. The van der Waals surface area contributed by atoms with Crippen molar-refractivity contribution in [1.82, 2.24) is 0 Å². The van der Waals surface area contributed by atoms with Crippen LogP contribution in [0.15, 0.2) is 267 Å². The van der Waals surface area contributed by atoms with Crippen LogP contribution in [0.5, 0.6) is 0 Å². The summed E-state index contributed by atoms with van der Waals surface area (Å²) in [4.78, 5) is 4.93.